The van der Waals surface area contributed by atoms with Crippen molar-refractivity contribution in [2.75, 3.05) is 23.8 Å². The quantitative estimate of drug-likeness (QED) is 0.919. The van der Waals surface area contributed by atoms with Crippen LogP contribution in [0.15, 0.2) is 0 Å². The summed E-state index contributed by atoms with van der Waals surface area (Å²) in [5.74, 6) is 0.0181. The van der Waals surface area contributed by atoms with Crippen molar-refractivity contribution in [1.29, 1.82) is 0 Å². The Labute approximate surface area is 107 Å². The van der Waals surface area contributed by atoms with E-state index >= 15 is 0 Å². The van der Waals surface area contributed by atoms with Crippen molar-refractivity contribution in [3.8, 4) is 0 Å². The van der Waals surface area contributed by atoms with Crippen LogP contribution in [0, 0.1) is 0 Å². The van der Waals surface area contributed by atoms with E-state index in [1.54, 1.807) is 20.9 Å². The van der Waals surface area contributed by atoms with Crippen LogP contribution in [0.4, 0.5) is 25.1 Å². The van der Waals surface area contributed by atoms with Crippen molar-refractivity contribution in [1.82, 2.24) is 15.0 Å². The Hall–Kier alpha value is -1.31. The van der Waals surface area contributed by atoms with Crippen molar-refractivity contribution < 1.29 is 13.2 Å². The maximum absolute atomic E-state index is 12.5. The Kier molecular flexibility index (Phi) is 4.55. The van der Waals surface area contributed by atoms with Gasteiger partial charge in [-0.1, -0.05) is 0 Å². The lowest BCUT2D eigenvalue weighted by Gasteiger charge is -2.27. The number of hydrogen-bond donors (Lipinski definition) is 1. The molecule has 0 aliphatic carbocycles. The summed E-state index contributed by atoms with van der Waals surface area (Å²) < 4.78 is 37.4. The van der Waals surface area contributed by atoms with Crippen molar-refractivity contribution >= 4 is 23.5 Å². The van der Waals surface area contributed by atoms with Crippen molar-refractivity contribution in [2.45, 2.75) is 26.1 Å². The summed E-state index contributed by atoms with van der Waals surface area (Å²) in [6.07, 6.45) is -4.34. The van der Waals surface area contributed by atoms with Crippen LogP contribution in [0.5, 0.6) is 0 Å². The highest BCUT2D eigenvalue weighted by Gasteiger charge is 2.33. The van der Waals surface area contributed by atoms with Gasteiger partial charge >= 0.3 is 6.18 Å². The highest BCUT2D eigenvalue weighted by molar-refractivity contribution is 6.28. The van der Waals surface area contributed by atoms with Gasteiger partial charge in [0.1, 0.15) is 6.54 Å². The van der Waals surface area contributed by atoms with E-state index < -0.39 is 18.8 Å². The molecule has 0 unspecified atom stereocenters. The molecule has 0 aromatic carbocycles. The number of rotatable bonds is 4. The molecule has 9 heteroatoms. The monoisotopic (exact) mass is 283 g/mol. The first-order valence-corrected chi connectivity index (χ1v) is 5.53. The summed E-state index contributed by atoms with van der Waals surface area (Å²) in [7, 11) is 1.54. The molecular weight excluding hydrogens is 271 g/mol. The van der Waals surface area contributed by atoms with Gasteiger partial charge in [0.05, 0.1) is 0 Å². The zero-order valence-corrected chi connectivity index (χ0v) is 10.8. The molecule has 0 radical (unpaired) electrons. The molecule has 0 atom stereocenters. The van der Waals surface area contributed by atoms with Gasteiger partial charge in [0.15, 0.2) is 0 Å². The average Bonchev–Trinajstić information content (AvgIpc) is 2.23. The maximum atomic E-state index is 12.5. The van der Waals surface area contributed by atoms with Gasteiger partial charge in [0, 0.05) is 13.1 Å². The average molecular weight is 284 g/mol. The van der Waals surface area contributed by atoms with E-state index in [1.807, 2.05) is 0 Å². The van der Waals surface area contributed by atoms with E-state index in [9.17, 15) is 13.2 Å². The van der Waals surface area contributed by atoms with Crippen molar-refractivity contribution in [3.05, 3.63) is 5.28 Å². The molecule has 1 rings (SSSR count). The molecule has 102 valence electrons. The fourth-order valence-electron chi connectivity index (χ4n) is 1.26. The number of aromatic nitrogens is 3. The zero-order chi connectivity index (χ0) is 13.9. The molecule has 0 bridgehead atoms. The molecule has 5 nitrogen and oxygen atoms in total. The summed E-state index contributed by atoms with van der Waals surface area (Å²) in [6.45, 7) is 2.08. The van der Waals surface area contributed by atoms with E-state index in [1.165, 1.54) is 0 Å². The fourth-order valence-corrected chi connectivity index (χ4v) is 1.41. The topological polar surface area (TPSA) is 53.9 Å². The Morgan fingerprint density at radius 3 is 2.33 bits per heavy atom. The number of nitrogens with one attached hydrogen (secondary N) is 1. The molecule has 1 N–H and O–H groups in total. The maximum Gasteiger partial charge on any atom is 0.406 e. The van der Waals surface area contributed by atoms with Crippen LogP contribution < -0.4 is 10.2 Å². The minimum atomic E-state index is -4.34. The van der Waals surface area contributed by atoms with Crippen molar-refractivity contribution in [3.63, 3.8) is 0 Å². The lowest BCUT2D eigenvalue weighted by molar-refractivity contribution is -0.120. The van der Waals surface area contributed by atoms with Gasteiger partial charge < -0.3 is 10.2 Å². The molecule has 0 aliphatic heterocycles. The van der Waals surface area contributed by atoms with E-state index in [0.717, 1.165) is 4.90 Å². The van der Waals surface area contributed by atoms with Gasteiger partial charge in [0.25, 0.3) is 0 Å². The highest BCUT2D eigenvalue weighted by Crippen LogP contribution is 2.22. The number of anilines is 2. The second-order valence-electron chi connectivity index (χ2n) is 3.81. The molecule has 0 saturated heterocycles. The Balaban J connectivity index is 3.09. The summed E-state index contributed by atoms with van der Waals surface area (Å²) >= 11 is 5.64. The van der Waals surface area contributed by atoms with Gasteiger partial charge in [-0.25, -0.2) is 0 Å². The van der Waals surface area contributed by atoms with Crippen LogP contribution in [0.2, 0.25) is 5.28 Å². The fraction of sp³-hybridized carbons (Fsp3) is 0.667. The molecule has 1 aromatic rings. The first-order valence-electron chi connectivity index (χ1n) is 5.15. The number of nitrogens with zero attached hydrogens (tertiary/aromatic N) is 4. The summed E-state index contributed by atoms with van der Waals surface area (Å²) in [4.78, 5) is 12.3. The lowest BCUT2D eigenvalue weighted by atomic mass is 10.3. The van der Waals surface area contributed by atoms with Gasteiger partial charge in [0.2, 0.25) is 17.2 Å². The van der Waals surface area contributed by atoms with Crippen LogP contribution in [0.3, 0.4) is 0 Å². The third kappa shape index (κ3) is 4.17. The van der Waals surface area contributed by atoms with Gasteiger partial charge in [-0.2, -0.15) is 28.1 Å². The normalized spacial score (nSPS) is 11.8. The molecule has 1 aromatic heterocycles. The molecule has 1 heterocycles. The van der Waals surface area contributed by atoms with Gasteiger partial charge in [-0.05, 0) is 25.4 Å². The second-order valence-corrected chi connectivity index (χ2v) is 4.15. The molecule has 0 amide bonds. The third-order valence-electron chi connectivity index (χ3n) is 2.05. The third-order valence-corrected chi connectivity index (χ3v) is 2.22. The standard InChI is InChI=1S/C9H13ClF3N5/c1-5(2)18(4-9(11,12)13)8-16-6(10)15-7(14-3)17-8/h5H,4H2,1-3H3,(H,14,15,16,17). The lowest BCUT2D eigenvalue weighted by Crippen LogP contribution is -2.40. The smallest absolute Gasteiger partial charge is 0.357 e. The predicted molar refractivity (Wildman–Crippen MR) is 62.9 cm³/mol. The predicted octanol–water partition coefficient (Wildman–Crippen LogP) is 2.34. The van der Waals surface area contributed by atoms with E-state index in [-0.39, 0.29) is 17.2 Å². The van der Waals surface area contributed by atoms with Crippen LogP contribution in [-0.2, 0) is 0 Å². The summed E-state index contributed by atoms with van der Waals surface area (Å²) in [5.41, 5.74) is 0. The highest BCUT2D eigenvalue weighted by atomic mass is 35.5. The van der Waals surface area contributed by atoms with Gasteiger partial charge in [-0.15, -0.1) is 0 Å². The number of alkyl halides is 3. The van der Waals surface area contributed by atoms with E-state index in [4.69, 9.17) is 11.6 Å². The van der Waals surface area contributed by atoms with Crippen LogP contribution in [0.25, 0.3) is 0 Å². The summed E-state index contributed by atoms with van der Waals surface area (Å²) in [5, 5.41) is 2.45. The van der Waals surface area contributed by atoms with Crippen LogP contribution in [-0.4, -0.2) is 40.8 Å². The molecular formula is C9H13ClF3N5. The van der Waals surface area contributed by atoms with Gasteiger partial charge in [-0.3, -0.25) is 0 Å². The minimum Gasteiger partial charge on any atom is -0.357 e. The first kappa shape index (κ1) is 14.7. The molecule has 0 aliphatic rings. The molecule has 18 heavy (non-hydrogen) atoms. The molecule has 0 spiro atoms. The van der Waals surface area contributed by atoms with E-state index in [2.05, 4.69) is 20.3 Å². The van der Waals surface area contributed by atoms with Crippen LogP contribution >= 0.6 is 11.6 Å². The molecule has 0 saturated carbocycles. The molecule has 0 fully saturated rings. The van der Waals surface area contributed by atoms with Crippen LogP contribution in [0.1, 0.15) is 13.8 Å². The summed E-state index contributed by atoms with van der Waals surface area (Å²) in [6, 6.07) is -0.421. The minimum absolute atomic E-state index is 0.105. The first-order chi connectivity index (χ1) is 8.23. The SMILES string of the molecule is CNc1nc(Cl)nc(N(CC(F)(F)F)C(C)C)n1. The largest absolute Gasteiger partial charge is 0.406 e. The Morgan fingerprint density at radius 2 is 1.89 bits per heavy atom. The second kappa shape index (κ2) is 5.55. The Bertz CT molecular complexity index is 410. The zero-order valence-electron chi connectivity index (χ0n) is 10.1. The number of halogens is 4. The van der Waals surface area contributed by atoms with Crippen molar-refractivity contribution in [2.24, 2.45) is 0 Å². The Morgan fingerprint density at radius 1 is 1.28 bits per heavy atom. The van der Waals surface area contributed by atoms with E-state index in [0.29, 0.717) is 0 Å². The number of hydrogen-bond acceptors (Lipinski definition) is 5.